The monoisotopic (exact) mass is 429 g/mol. The maximum atomic E-state index is 12.0. The third-order valence-electron chi connectivity index (χ3n) is 4.43. The van der Waals surface area contributed by atoms with Crippen molar-refractivity contribution in [3.63, 3.8) is 0 Å². The van der Waals surface area contributed by atoms with Crippen LogP contribution in [0.5, 0.6) is 5.75 Å². The minimum absolute atomic E-state index is 0.0687. The molecular formula is C21H24BrN3O2. The molecule has 1 fully saturated rings. The number of hydrogen-bond donors (Lipinski definition) is 1. The number of halogens is 1. The van der Waals surface area contributed by atoms with Crippen LogP contribution in [0, 0.1) is 0 Å². The summed E-state index contributed by atoms with van der Waals surface area (Å²) in [5, 5.41) is 3.96. The Balaban J connectivity index is 1.53. The van der Waals surface area contributed by atoms with Crippen molar-refractivity contribution in [1.82, 2.24) is 10.3 Å². The Hall–Kier alpha value is -2.18. The molecule has 1 amide bonds. The van der Waals surface area contributed by atoms with Gasteiger partial charge in [0.1, 0.15) is 5.75 Å². The van der Waals surface area contributed by atoms with E-state index in [-0.39, 0.29) is 12.5 Å². The molecule has 0 atom stereocenters. The molecule has 142 valence electrons. The molecule has 27 heavy (non-hydrogen) atoms. The highest BCUT2D eigenvalue weighted by atomic mass is 79.9. The van der Waals surface area contributed by atoms with Gasteiger partial charge in [-0.2, -0.15) is 5.10 Å². The predicted octanol–water partition coefficient (Wildman–Crippen LogP) is 3.96. The number of nitrogens with zero attached hydrogens (tertiary/aromatic N) is 2. The van der Waals surface area contributed by atoms with Crippen LogP contribution in [0.1, 0.15) is 30.4 Å². The van der Waals surface area contributed by atoms with E-state index in [2.05, 4.69) is 37.4 Å². The van der Waals surface area contributed by atoms with E-state index in [1.165, 1.54) is 19.3 Å². The van der Waals surface area contributed by atoms with Crippen LogP contribution < -0.4 is 10.2 Å². The number of piperidine rings is 1. The van der Waals surface area contributed by atoms with Crippen molar-refractivity contribution in [1.29, 1.82) is 0 Å². The van der Waals surface area contributed by atoms with Gasteiger partial charge in [-0.25, -0.2) is 5.43 Å². The molecule has 6 heteroatoms. The van der Waals surface area contributed by atoms with Crippen LogP contribution in [0.2, 0.25) is 0 Å². The highest BCUT2D eigenvalue weighted by molar-refractivity contribution is 9.10. The third-order valence-corrected chi connectivity index (χ3v) is 4.92. The lowest BCUT2D eigenvalue weighted by atomic mass is 10.1. The van der Waals surface area contributed by atoms with Gasteiger partial charge in [-0.15, -0.1) is 0 Å². The smallest absolute Gasteiger partial charge is 0.277 e. The second kappa shape index (κ2) is 10.2. The standard InChI is InChI=1S/C21H24BrN3O2/c22-19-9-10-20(18(13-19)15-25-11-5-2-6-12-25)27-16-21(26)24-23-14-17-7-3-1-4-8-17/h1,3-4,7-10,13-14H,2,5-6,11-12,15-16H2,(H,24,26)/b23-14-. The van der Waals surface area contributed by atoms with Gasteiger partial charge in [0.05, 0.1) is 6.21 Å². The molecule has 0 saturated carbocycles. The van der Waals surface area contributed by atoms with Gasteiger partial charge in [0, 0.05) is 16.6 Å². The molecule has 0 radical (unpaired) electrons. The second-order valence-electron chi connectivity index (χ2n) is 6.58. The van der Waals surface area contributed by atoms with E-state index in [0.717, 1.165) is 41.0 Å². The lowest BCUT2D eigenvalue weighted by Gasteiger charge is -2.27. The summed E-state index contributed by atoms with van der Waals surface area (Å²) in [6.45, 7) is 2.99. The lowest BCUT2D eigenvalue weighted by Crippen LogP contribution is -2.29. The van der Waals surface area contributed by atoms with Crippen molar-refractivity contribution >= 4 is 28.1 Å². The Labute approximate surface area is 168 Å². The van der Waals surface area contributed by atoms with Crippen LogP contribution >= 0.6 is 15.9 Å². The first-order chi connectivity index (χ1) is 13.2. The molecule has 2 aromatic rings. The van der Waals surface area contributed by atoms with E-state index in [4.69, 9.17) is 4.74 Å². The van der Waals surface area contributed by atoms with Gasteiger partial charge in [0.15, 0.2) is 6.61 Å². The Morgan fingerprint density at radius 1 is 1.15 bits per heavy atom. The van der Waals surface area contributed by atoms with Gasteiger partial charge < -0.3 is 4.74 Å². The second-order valence-corrected chi connectivity index (χ2v) is 7.50. The first kappa shape index (κ1) is 19.6. The van der Waals surface area contributed by atoms with Crippen molar-refractivity contribution in [3.8, 4) is 5.75 Å². The van der Waals surface area contributed by atoms with Crippen LogP contribution in [-0.4, -0.2) is 36.7 Å². The van der Waals surface area contributed by atoms with E-state index >= 15 is 0 Å². The SMILES string of the molecule is O=C(COc1ccc(Br)cc1CN1CCCCC1)N/N=C\c1ccccc1. The normalized spacial score (nSPS) is 15.0. The first-order valence-electron chi connectivity index (χ1n) is 9.21. The van der Waals surface area contributed by atoms with E-state index in [1.54, 1.807) is 6.21 Å². The van der Waals surface area contributed by atoms with Crippen LogP contribution in [0.15, 0.2) is 58.1 Å². The molecule has 1 heterocycles. The van der Waals surface area contributed by atoms with E-state index in [9.17, 15) is 4.79 Å². The number of likely N-dealkylation sites (tertiary alicyclic amines) is 1. The van der Waals surface area contributed by atoms with Crippen LogP contribution in [0.25, 0.3) is 0 Å². The Morgan fingerprint density at radius 2 is 1.93 bits per heavy atom. The number of amides is 1. The Bertz CT molecular complexity index is 774. The van der Waals surface area contributed by atoms with Gasteiger partial charge in [-0.3, -0.25) is 9.69 Å². The van der Waals surface area contributed by atoms with Crippen molar-refractivity contribution in [2.75, 3.05) is 19.7 Å². The molecule has 0 aliphatic carbocycles. The molecule has 2 aromatic carbocycles. The fraction of sp³-hybridized carbons (Fsp3) is 0.333. The predicted molar refractivity (Wildman–Crippen MR) is 111 cm³/mol. The molecule has 3 rings (SSSR count). The molecule has 0 aromatic heterocycles. The number of carbonyl (C=O) groups excluding carboxylic acids is 1. The summed E-state index contributed by atoms with van der Waals surface area (Å²) in [7, 11) is 0. The fourth-order valence-corrected chi connectivity index (χ4v) is 3.47. The van der Waals surface area contributed by atoms with Crippen LogP contribution in [0.3, 0.4) is 0 Å². The number of benzene rings is 2. The Kier molecular flexibility index (Phi) is 7.42. The van der Waals surface area contributed by atoms with Crippen molar-refractivity contribution in [2.24, 2.45) is 5.10 Å². The lowest BCUT2D eigenvalue weighted by molar-refractivity contribution is -0.123. The molecular weight excluding hydrogens is 406 g/mol. The molecule has 0 unspecified atom stereocenters. The summed E-state index contributed by atoms with van der Waals surface area (Å²) < 4.78 is 6.78. The van der Waals surface area contributed by atoms with Gasteiger partial charge in [0.25, 0.3) is 5.91 Å². The van der Waals surface area contributed by atoms with Gasteiger partial charge in [-0.1, -0.05) is 52.7 Å². The summed E-state index contributed by atoms with van der Waals surface area (Å²) in [6.07, 6.45) is 5.40. The van der Waals surface area contributed by atoms with Crippen molar-refractivity contribution in [3.05, 3.63) is 64.1 Å². The van der Waals surface area contributed by atoms with E-state index < -0.39 is 0 Å². The zero-order chi connectivity index (χ0) is 18.9. The quantitative estimate of drug-likeness (QED) is 0.535. The number of hydrogen-bond acceptors (Lipinski definition) is 4. The third kappa shape index (κ3) is 6.48. The van der Waals surface area contributed by atoms with Gasteiger partial charge in [-0.05, 0) is 49.7 Å². The highest BCUT2D eigenvalue weighted by Gasteiger charge is 2.14. The van der Waals surface area contributed by atoms with Gasteiger partial charge >= 0.3 is 0 Å². The zero-order valence-electron chi connectivity index (χ0n) is 15.2. The van der Waals surface area contributed by atoms with E-state index in [1.807, 2.05) is 42.5 Å². The van der Waals surface area contributed by atoms with Crippen LogP contribution in [-0.2, 0) is 11.3 Å². The van der Waals surface area contributed by atoms with E-state index in [0.29, 0.717) is 0 Å². The summed E-state index contributed by atoms with van der Waals surface area (Å²) in [5.41, 5.74) is 4.52. The number of hydrazone groups is 1. The molecule has 1 aliphatic heterocycles. The van der Waals surface area contributed by atoms with Gasteiger partial charge in [0.2, 0.25) is 0 Å². The average Bonchev–Trinajstić information content (AvgIpc) is 2.69. The summed E-state index contributed by atoms with van der Waals surface area (Å²) in [5.74, 6) is 0.458. The number of rotatable bonds is 7. The van der Waals surface area contributed by atoms with Crippen LogP contribution in [0.4, 0.5) is 0 Å². The molecule has 0 spiro atoms. The first-order valence-corrected chi connectivity index (χ1v) is 10.0. The molecule has 0 bridgehead atoms. The summed E-state index contributed by atoms with van der Waals surface area (Å²) in [6, 6.07) is 15.5. The topological polar surface area (TPSA) is 53.9 Å². The highest BCUT2D eigenvalue weighted by Crippen LogP contribution is 2.25. The molecule has 5 nitrogen and oxygen atoms in total. The summed E-state index contributed by atoms with van der Waals surface area (Å²) >= 11 is 3.53. The maximum Gasteiger partial charge on any atom is 0.277 e. The minimum Gasteiger partial charge on any atom is -0.483 e. The number of carbonyl (C=O) groups is 1. The Morgan fingerprint density at radius 3 is 2.70 bits per heavy atom. The molecule has 1 aliphatic rings. The van der Waals surface area contributed by atoms with Crippen molar-refractivity contribution < 1.29 is 9.53 Å². The number of nitrogens with one attached hydrogen (secondary N) is 1. The zero-order valence-corrected chi connectivity index (χ0v) is 16.8. The number of ether oxygens (including phenoxy) is 1. The largest absolute Gasteiger partial charge is 0.483 e. The minimum atomic E-state index is -0.283. The molecule has 1 saturated heterocycles. The average molecular weight is 430 g/mol. The fourth-order valence-electron chi connectivity index (χ4n) is 3.06. The molecule has 1 N–H and O–H groups in total. The summed E-state index contributed by atoms with van der Waals surface area (Å²) in [4.78, 5) is 14.4. The van der Waals surface area contributed by atoms with Crippen molar-refractivity contribution in [2.45, 2.75) is 25.8 Å². The maximum absolute atomic E-state index is 12.0.